The Morgan fingerprint density at radius 2 is 2.04 bits per heavy atom. The second kappa shape index (κ2) is 7.18. The molecule has 0 aromatic carbocycles. The number of pyridine rings is 1. The van der Waals surface area contributed by atoms with Gasteiger partial charge in [-0.3, -0.25) is 4.98 Å². The third kappa shape index (κ3) is 5.77. The summed E-state index contributed by atoms with van der Waals surface area (Å²) in [4.78, 5) is 18.1. The first kappa shape index (κ1) is 18.2. The van der Waals surface area contributed by atoms with Crippen LogP contribution in [0.1, 0.15) is 46.1 Å². The summed E-state index contributed by atoms with van der Waals surface area (Å²) in [5.74, 6) is 0. The highest BCUT2D eigenvalue weighted by molar-refractivity contribution is 9.10. The summed E-state index contributed by atoms with van der Waals surface area (Å²) in [6.45, 7) is 10.1. The summed E-state index contributed by atoms with van der Waals surface area (Å²) < 4.78 is 6.43. The van der Waals surface area contributed by atoms with Crippen molar-refractivity contribution in [1.82, 2.24) is 15.2 Å². The molecule has 1 aliphatic heterocycles. The average molecular weight is 384 g/mol. The lowest BCUT2D eigenvalue weighted by molar-refractivity contribution is 0.0156. The average Bonchev–Trinajstić information content (AvgIpc) is 2.44. The molecule has 0 radical (unpaired) electrons. The molecule has 1 aliphatic rings. The number of aromatic nitrogens is 1. The second-order valence-corrected chi connectivity index (χ2v) is 8.31. The Hall–Kier alpha value is -1.14. The lowest BCUT2D eigenvalue weighted by Gasteiger charge is -2.40. The van der Waals surface area contributed by atoms with Gasteiger partial charge in [0.1, 0.15) is 5.60 Å². The van der Waals surface area contributed by atoms with Crippen LogP contribution in [-0.4, -0.2) is 40.2 Å². The van der Waals surface area contributed by atoms with Crippen molar-refractivity contribution in [3.8, 4) is 0 Å². The summed E-state index contributed by atoms with van der Waals surface area (Å²) >= 11 is 3.44. The molecule has 0 atom stereocenters. The van der Waals surface area contributed by atoms with Crippen LogP contribution < -0.4 is 5.32 Å². The first-order chi connectivity index (χ1) is 10.7. The third-order valence-electron chi connectivity index (χ3n) is 4.00. The van der Waals surface area contributed by atoms with Crippen LogP contribution in [0.2, 0.25) is 0 Å². The predicted molar refractivity (Wildman–Crippen MR) is 94.2 cm³/mol. The van der Waals surface area contributed by atoms with Crippen molar-refractivity contribution in [2.45, 2.75) is 58.2 Å². The number of halogens is 1. The van der Waals surface area contributed by atoms with Crippen molar-refractivity contribution in [2.24, 2.45) is 0 Å². The van der Waals surface area contributed by atoms with E-state index in [-0.39, 0.29) is 11.6 Å². The fourth-order valence-electron chi connectivity index (χ4n) is 2.55. The summed E-state index contributed by atoms with van der Waals surface area (Å²) in [5.41, 5.74) is 0.736. The minimum Gasteiger partial charge on any atom is -0.444 e. The molecular weight excluding hydrogens is 358 g/mol. The highest BCUT2D eigenvalue weighted by Gasteiger charge is 2.33. The molecule has 128 valence electrons. The van der Waals surface area contributed by atoms with E-state index in [4.69, 9.17) is 4.74 Å². The van der Waals surface area contributed by atoms with Crippen LogP contribution in [0.5, 0.6) is 0 Å². The molecule has 1 fully saturated rings. The number of ether oxygens (including phenoxy) is 1. The number of likely N-dealkylation sites (tertiary alicyclic amines) is 1. The summed E-state index contributed by atoms with van der Waals surface area (Å²) in [7, 11) is 0. The maximum Gasteiger partial charge on any atom is 0.410 e. The van der Waals surface area contributed by atoms with Gasteiger partial charge in [-0.05, 0) is 68.1 Å². The molecule has 2 heterocycles. The van der Waals surface area contributed by atoms with Crippen LogP contribution in [-0.2, 0) is 11.3 Å². The minimum absolute atomic E-state index is 0.0286. The van der Waals surface area contributed by atoms with Crippen molar-refractivity contribution in [1.29, 1.82) is 0 Å². The van der Waals surface area contributed by atoms with Gasteiger partial charge in [-0.15, -0.1) is 0 Å². The Morgan fingerprint density at radius 3 is 2.61 bits per heavy atom. The minimum atomic E-state index is -0.441. The maximum absolute atomic E-state index is 12.1. The van der Waals surface area contributed by atoms with E-state index in [0.29, 0.717) is 0 Å². The summed E-state index contributed by atoms with van der Waals surface area (Å²) in [6, 6.07) is 2.07. The fraction of sp³-hybridized carbons (Fsp3) is 0.647. The van der Waals surface area contributed by atoms with Crippen molar-refractivity contribution < 1.29 is 9.53 Å². The Kier molecular flexibility index (Phi) is 5.68. The second-order valence-electron chi connectivity index (χ2n) is 7.39. The van der Waals surface area contributed by atoms with Gasteiger partial charge in [0.15, 0.2) is 0 Å². The van der Waals surface area contributed by atoms with E-state index < -0.39 is 5.60 Å². The Morgan fingerprint density at radius 1 is 1.39 bits per heavy atom. The van der Waals surface area contributed by atoms with Crippen molar-refractivity contribution in [3.05, 3.63) is 28.5 Å². The van der Waals surface area contributed by atoms with Gasteiger partial charge in [0.05, 0.1) is 0 Å². The first-order valence-corrected chi connectivity index (χ1v) is 8.79. The molecular formula is C17H26BrN3O2. The van der Waals surface area contributed by atoms with E-state index in [1.807, 2.05) is 27.0 Å². The number of hydrogen-bond acceptors (Lipinski definition) is 4. The van der Waals surface area contributed by atoms with Crippen LogP contribution >= 0.6 is 15.9 Å². The Balaban J connectivity index is 1.83. The largest absolute Gasteiger partial charge is 0.444 e. The van der Waals surface area contributed by atoms with E-state index in [1.54, 1.807) is 11.1 Å². The van der Waals surface area contributed by atoms with Crippen LogP contribution in [0.25, 0.3) is 0 Å². The topological polar surface area (TPSA) is 54.5 Å². The first-order valence-electron chi connectivity index (χ1n) is 7.99. The van der Waals surface area contributed by atoms with E-state index in [9.17, 15) is 4.79 Å². The zero-order chi connectivity index (χ0) is 17.1. The maximum atomic E-state index is 12.1. The molecule has 0 unspecified atom stereocenters. The lowest BCUT2D eigenvalue weighted by atomic mass is 9.89. The molecule has 1 saturated heterocycles. The molecule has 0 aliphatic carbocycles. The number of hydrogen-bond donors (Lipinski definition) is 1. The molecule has 2 rings (SSSR count). The number of carbonyl (C=O) groups is 1. The zero-order valence-corrected chi connectivity index (χ0v) is 15.9. The standard InChI is InChI=1S/C17H26BrN3O2/c1-16(2,3)23-15(22)21-7-5-17(4,6-8-21)20-11-13-9-14(18)12-19-10-13/h9-10,12,20H,5-8,11H2,1-4H3. The molecule has 5 nitrogen and oxygen atoms in total. The van der Waals surface area contributed by atoms with Crippen molar-refractivity contribution in [3.63, 3.8) is 0 Å². The molecule has 1 aromatic rings. The predicted octanol–water partition coefficient (Wildman–Crippen LogP) is 3.72. The van der Waals surface area contributed by atoms with Crippen LogP contribution in [0.15, 0.2) is 22.9 Å². The van der Waals surface area contributed by atoms with Gasteiger partial charge in [0, 0.05) is 42.0 Å². The SMILES string of the molecule is CC1(NCc2cncc(Br)c2)CCN(C(=O)OC(C)(C)C)CC1. The van der Waals surface area contributed by atoms with Gasteiger partial charge in [-0.1, -0.05) is 0 Å². The molecule has 0 bridgehead atoms. The van der Waals surface area contributed by atoms with Crippen LogP contribution in [0, 0.1) is 0 Å². The van der Waals surface area contributed by atoms with Crippen molar-refractivity contribution >= 4 is 22.0 Å². The smallest absolute Gasteiger partial charge is 0.410 e. The van der Waals surface area contributed by atoms with Gasteiger partial charge >= 0.3 is 6.09 Å². The highest BCUT2D eigenvalue weighted by Crippen LogP contribution is 2.24. The normalized spacial score (nSPS) is 17.9. The van der Waals surface area contributed by atoms with E-state index >= 15 is 0 Å². The third-order valence-corrected chi connectivity index (χ3v) is 4.43. The highest BCUT2D eigenvalue weighted by atomic mass is 79.9. The number of amides is 1. The molecule has 23 heavy (non-hydrogen) atoms. The monoisotopic (exact) mass is 383 g/mol. The van der Waals surface area contributed by atoms with Gasteiger partial charge in [0.2, 0.25) is 0 Å². The van der Waals surface area contributed by atoms with E-state index in [0.717, 1.165) is 42.5 Å². The van der Waals surface area contributed by atoms with E-state index in [1.165, 1.54) is 0 Å². The zero-order valence-electron chi connectivity index (χ0n) is 14.4. The summed E-state index contributed by atoms with van der Waals surface area (Å²) in [5, 5.41) is 3.61. The van der Waals surface area contributed by atoms with Gasteiger partial charge in [-0.25, -0.2) is 4.79 Å². The quantitative estimate of drug-likeness (QED) is 0.863. The molecule has 6 heteroatoms. The fourth-order valence-corrected chi connectivity index (χ4v) is 2.97. The van der Waals surface area contributed by atoms with E-state index in [2.05, 4.69) is 39.2 Å². The van der Waals surface area contributed by atoms with Crippen LogP contribution in [0.3, 0.4) is 0 Å². The van der Waals surface area contributed by atoms with Crippen molar-refractivity contribution in [2.75, 3.05) is 13.1 Å². The van der Waals surface area contributed by atoms with Gasteiger partial charge < -0.3 is 15.0 Å². The Bertz CT molecular complexity index is 549. The number of carbonyl (C=O) groups excluding carboxylic acids is 1. The Labute approximate surface area is 146 Å². The lowest BCUT2D eigenvalue weighted by Crippen LogP contribution is -2.53. The molecule has 1 N–H and O–H groups in total. The van der Waals surface area contributed by atoms with Gasteiger partial charge in [-0.2, -0.15) is 0 Å². The molecule has 0 spiro atoms. The molecule has 1 aromatic heterocycles. The number of rotatable bonds is 3. The number of nitrogens with zero attached hydrogens (tertiary/aromatic N) is 2. The number of nitrogens with one attached hydrogen (secondary N) is 1. The summed E-state index contributed by atoms with van der Waals surface area (Å²) in [6.07, 6.45) is 5.26. The van der Waals surface area contributed by atoms with Gasteiger partial charge in [0.25, 0.3) is 0 Å². The number of piperidine rings is 1. The molecule has 0 saturated carbocycles. The van der Waals surface area contributed by atoms with Crippen LogP contribution in [0.4, 0.5) is 4.79 Å². The molecule has 1 amide bonds.